The van der Waals surface area contributed by atoms with Crippen LogP contribution in [0, 0.1) is 6.92 Å². The Morgan fingerprint density at radius 3 is 2.37 bits per heavy atom. The van der Waals surface area contributed by atoms with E-state index in [4.69, 9.17) is 4.74 Å². The number of nitrogens with one attached hydrogen (secondary N) is 1. The highest BCUT2D eigenvalue weighted by molar-refractivity contribution is 5.94. The van der Waals surface area contributed by atoms with E-state index in [1.54, 1.807) is 14.2 Å². The van der Waals surface area contributed by atoms with Crippen LogP contribution in [0.15, 0.2) is 42.5 Å². The van der Waals surface area contributed by atoms with Gasteiger partial charge in [0, 0.05) is 12.6 Å². The molecule has 98 valence electrons. The Hall–Kier alpha value is -2.29. The molecule has 0 radical (unpaired) electrons. The van der Waals surface area contributed by atoms with Crippen molar-refractivity contribution in [1.82, 2.24) is 5.32 Å². The third kappa shape index (κ3) is 2.60. The molecule has 0 aliphatic carbocycles. The van der Waals surface area contributed by atoms with Gasteiger partial charge in [-0.3, -0.25) is 4.79 Å². The van der Waals surface area contributed by atoms with Crippen molar-refractivity contribution in [3.63, 3.8) is 0 Å². The van der Waals surface area contributed by atoms with E-state index in [1.807, 2.05) is 49.4 Å². The summed E-state index contributed by atoms with van der Waals surface area (Å²) in [5.41, 5.74) is 3.94. The van der Waals surface area contributed by atoms with Gasteiger partial charge in [-0.05, 0) is 41.8 Å². The van der Waals surface area contributed by atoms with Gasteiger partial charge >= 0.3 is 0 Å². The van der Waals surface area contributed by atoms with Crippen molar-refractivity contribution in [2.24, 2.45) is 0 Å². The van der Waals surface area contributed by atoms with Crippen molar-refractivity contribution in [2.75, 3.05) is 14.2 Å². The van der Waals surface area contributed by atoms with E-state index in [0.29, 0.717) is 5.56 Å². The molecule has 0 unspecified atom stereocenters. The average molecular weight is 255 g/mol. The molecule has 0 aliphatic heterocycles. The number of hydrogen-bond acceptors (Lipinski definition) is 2. The van der Waals surface area contributed by atoms with Gasteiger partial charge in [0.25, 0.3) is 5.91 Å². The van der Waals surface area contributed by atoms with Crippen molar-refractivity contribution >= 4 is 5.91 Å². The minimum atomic E-state index is -0.0751. The van der Waals surface area contributed by atoms with Crippen molar-refractivity contribution in [3.05, 3.63) is 53.6 Å². The first-order valence-corrected chi connectivity index (χ1v) is 6.13. The third-order valence-electron chi connectivity index (χ3n) is 3.19. The molecule has 0 fully saturated rings. The lowest BCUT2D eigenvalue weighted by molar-refractivity contribution is 0.0963. The predicted octanol–water partition coefficient (Wildman–Crippen LogP) is 3.03. The number of rotatable bonds is 3. The number of benzene rings is 2. The van der Waals surface area contributed by atoms with Gasteiger partial charge in [-0.15, -0.1) is 0 Å². The first-order chi connectivity index (χ1) is 9.17. The molecule has 2 aromatic carbocycles. The zero-order valence-electron chi connectivity index (χ0n) is 11.4. The maximum absolute atomic E-state index is 11.5. The normalized spacial score (nSPS) is 10.1. The SMILES string of the molecule is CNC(=O)c1ccc(-c2cccc(OC)c2C)cc1. The Balaban J connectivity index is 2.40. The summed E-state index contributed by atoms with van der Waals surface area (Å²) >= 11 is 0. The highest BCUT2D eigenvalue weighted by Crippen LogP contribution is 2.29. The van der Waals surface area contributed by atoms with Crippen molar-refractivity contribution in [1.29, 1.82) is 0 Å². The van der Waals surface area contributed by atoms with Crippen LogP contribution in [0.4, 0.5) is 0 Å². The van der Waals surface area contributed by atoms with Gasteiger partial charge in [0.2, 0.25) is 0 Å². The van der Waals surface area contributed by atoms with Crippen LogP contribution in [0.1, 0.15) is 15.9 Å². The summed E-state index contributed by atoms with van der Waals surface area (Å²) in [6, 6.07) is 13.5. The molecule has 0 spiro atoms. The summed E-state index contributed by atoms with van der Waals surface area (Å²) < 4.78 is 5.32. The summed E-state index contributed by atoms with van der Waals surface area (Å²) in [6.07, 6.45) is 0. The Labute approximate surface area is 113 Å². The number of ether oxygens (including phenoxy) is 1. The molecule has 0 bridgehead atoms. The monoisotopic (exact) mass is 255 g/mol. The smallest absolute Gasteiger partial charge is 0.251 e. The Kier molecular flexibility index (Phi) is 3.85. The number of carbonyl (C=O) groups excluding carboxylic acids is 1. The van der Waals surface area contributed by atoms with Crippen LogP contribution in [0.5, 0.6) is 5.75 Å². The van der Waals surface area contributed by atoms with Crippen LogP contribution < -0.4 is 10.1 Å². The first-order valence-electron chi connectivity index (χ1n) is 6.13. The van der Waals surface area contributed by atoms with Crippen LogP contribution >= 0.6 is 0 Å². The molecule has 0 saturated carbocycles. The summed E-state index contributed by atoms with van der Waals surface area (Å²) in [4.78, 5) is 11.5. The topological polar surface area (TPSA) is 38.3 Å². The van der Waals surface area contributed by atoms with Gasteiger partial charge in [0.15, 0.2) is 0 Å². The van der Waals surface area contributed by atoms with Gasteiger partial charge in [-0.25, -0.2) is 0 Å². The van der Waals surface area contributed by atoms with Crippen molar-refractivity contribution in [3.8, 4) is 16.9 Å². The fraction of sp³-hybridized carbons (Fsp3) is 0.188. The van der Waals surface area contributed by atoms with Gasteiger partial charge in [0.05, 0.1) is 7.11 Å². The number of carbonyl (C=O) groups is 1. The summed E-state index contributed by atoms with van der Waals surface area (Å²) in [6.45, 7) is 2.03. The van der Waals surface area contributed by atoms with Gasteiger partial charge in [-0.2, -0.15) is 0 Å². The molecule has 2 rings (SSSR count). The molecule has 1 N–H and O–H groups in total. The zero-order chi connectivity index (χ0) is 13.8. The van der Waals surface area contributed by atoms with E-state index >= 15 is 0 Å². The molecule has 0 aromatic heterocycles. The van der Waals surface area contributed by atoms with Crippen LogP contribution in [0.3, 0.4) is 0 Å². The minimum absolute atomic E-state index is 0.0751. The molecule has 2 aromatic rings. The molecule has 0 heterocycles. The first kappa shape index (κ1) is 13.1. The standard InChI is InChI=1S/C16H17NO2/c1-11-14(5-4-6-15(11)19-3)12-7-9-13(10-8-12)16(18)17-2/h4-10H,1-3H3,(H,17,18). The third-order valence-corrected chi connectivity index (χ3v) is 3.19. The average Bonchev–Trinajstić information content (AvgIpc) is 2.47. The van der Waals surface area contributed by atoms with Gasteiger partial charge < -0.3 is 10.1 Å². The van der Waals surface area contributed by atoms with E-state index < -0.39 is 0 Å². The number of amides is 1. The molecule has 0 saturated heterocycles. The molecular formula is C16H17NO2. The lowest BCUT2D eigenvalue weighted by Gasteiger charge is -2.10. The maximum atomic E-state index is 11.5. The fourth-order valence-corrected chi connectivity index (χ4v) is 2.09. The van der Waals surface area contributed by atoms with Gasteiger partial charge in [0.1, 0.15) is 5.75 Å². The van der Waals surface area contributed by atoms with E-state index in [0.717, 1.165) is 22.4 Å². The molecule has 3 heteroatoms. The largest absolute Gasteiger partial charge is 0.496 e. The highest BCUT2D eigenvalue weighted by Gasteiger charge is 2.07. The van der Waals surface area contributed by atoms with Crippen molar-refractivity contribution in [2.45, 2.75) is 6.92 Å². The predicted molar refractivity (Wildman–Crippen MR) is 76.6 cm³/mol. The fourth-order valence-electron chi connectivity index (χ4n) is 2.09. The quantitative estimate of drug-likeness (QED) is 0.915. The van der Waals surface area contributed by atoms with Crippen LogP contribution in [-0.4, -0.2) is 20.1 Å². The highest BCUT2D eigenvalue weighted by atomic mass is 16.5. The number of methoxy groups -OCH3 is 1. The van der Waals surface area contributed by atoms with E-state index in [9.17, 15) is 4.79 Å². The Morgan fingerprint density at radius 1 is 1.11 bits per heavy atom. The lowest BCUT2D eigenvalue weighted by atomic mass is 9.99. The van der Waals surface area contributed by atoms with Crippen LogP contribution in [0.25, 0.3) is 11.1 Å². The van der Waals surface area contributed by atoms with Crippen LogP contribution in [-0.2, 0) is 0 Å². The summed E-state index contributed by atoms with van der Waals surface area (Å²) in [5.74, 6) is 0.793. The molecule has 3 nitrogen and oxygen atoms in total. The second kappa shape index (κ2) is 5.57. The molecule has 0 atom stereocenters. The Bertz CT molecular complexity index is 588. The second-order valence-corrected chi connectivity index (χ2v) is 4.29. The van der Waals surface area contributed by atoms with E-state index in [-0.39, 0.29) is 5.91 Å². The molecule has 1 amide bonds. The lowest BCUT2D eigenvalue weighted by Crippen LogP contribution is -2.17. The van der Waals surface area contributed by atoms with E-state index in [2.05, 4.69) is 5.32 Å². The van der Waals surface area contributed by atoms with Gasteiger partial charge in [-0.1, -0.05) is 24.3 Å². The molecule has 19 heavy (non-hydrogen) atoms. The summed E-state index contributed by atoms with van der Waals surface area (Å²) in [5, 5.41) is 2.61. The Morgan fingerprint density at radius 2 is 1.79 bits per heavy atom. The zero-order valence-corrected chi connectivity index (χ0v) is 11.4. The number of hydrogen-bond donors (Lipinski definition) is 1. The van der Waals surface area contributed by atoms with E-state index in [1.165, 1.54) is 0 Å². The summed E-state index contributed by atoms with van der Waals surface area (Å²) in [7, 11) is 3.29. The molecular weight excluding hydrogens is 238 g/mol. The van der Waals surface area contributed by atoms with Crippen LogP contribution in [0.2, 0.25) is 0 Å². The maximum Gasteiger partial charge on any atom is 0.251 e. The molecule has 0 aliphatic rings. The second-order valence-electron chi connectivity index (χ2n) is 4.29. The van der Waals surface area contributed by atoms with Crippen molar-refractivity contribution < 1.29 is 9.53 Å². The minimum Gasteiger partial charge on any atom is -0.496 e.